The first-order valence-electron chi connectivity index (χ1n) is 6.79. The molecule has 2 aromatic heterocycles. The van der Waals surface area contributed by atoms with Gasteiger partial charge in [0.1, 0.15) is 11.3 Å². The van der Waals surface area contributed by atoms with Gasteiger partial charge >= 0.3 is 0 Å². The summed E-state index contributed by atoms with van der Waals surface area (Å²) in [5.74, 6) is 0.862. The van der Waals surface area contributed by atoms with Crippen molar-refractivity contribution < 1.29 is 0 Å². The molecule has 0 unspecified atom stereocenters. The third-order valence-corrected chi connectivity index (χ3v) is 3.84. The quantitative estimate of drug-likeness (QED) is 0.541. The molecular formula is C17H14N4. The molecule has 4 heteroatoms. The van der Waals surface area contributed by atoms with E-state index in [1.54, 1.807) is 12.4 Å². The lowest BCUT2D eigenvalue weighted by Gasteiger charge is -2.08. The zero-order valence-corrected chi connectivity index (χ0v) is 11.6. The Hall–Kier alpha value is -2.88. The van der Waals surface area contributed by atoms with Crippen molar-refractivity contribution in [3.05, 3.63) is 54.9 Å². The minimum absolute atomic E-state index is 0.736. The highest BCUT2D eigenvalue weighted by atomic mass is 15.1. The van der Waals surface area contributed by atoms with Crippen molar-refractivity contribution in [2.45, 2.75) is 0 Å². The van der Waals surface area contributed by atoms with Gasteiger partial charge in [-0.3, -0.25) is 4.98 Å². The van der Waals surface area contributed by atoms with E-state index < -0.39 is 0 Å². The number of benzene rings is 2. The van der Waals surface area contributed by atoms with Gasteiger partial charge in [0, 0.05) is 24.5 Å². The van der Waals surface area contributed by atoms with Crippen molar-refractivity contribution in [3.63, 3.8) is 0 Å². The zero-order valence-electron chi connectivity index (χ0n) is 11.6. The molecule has 21 heavy (non-hydrogen) atoms. The second-order valence-electron chi connectivity index (χ2n) is 5.15. The van der Waals surface area contributed by atoms with E-state index in [1.165, 1.54) is 0 Å². The summed E-state index contributed by atoms with van der Waals surface area (Å²) in [6.07, 6.45) is 3.55. The van der Waals surface area contributed by atoms with Crippen molar-refractivity contribution >= 4 is 27.5 Å². The zero-order chi connectivity index (χ0) is 14.4. The maximum atomic E-state index is 6.24. The van der Waals surface area contributed by atoms with Gasteiger partial charge in [-0.25, -0.2) is 4.98 Å². The molecular weight excluding hydrogens is 260 g/mol. The summed E-state index contributed by atoms with van der Waals surface area (Å²) in [6.45, 7) is 0. The first-order chi connectivity index (χ1) is 10.2. The monoisotopic (exact) mass is 274 g/mol. The van der Waals surface area contributed by atoms with Crippen LogP contribution in [0.25, 0.3) is 33.2 Å². The molecule has 4 nitrogen and oxygen atoms in total. The van der Waals surface area contributed by atoms with Crippen molar-refractivity contribution in [2.24, 2.45) is 7.05 Å². The maximum absolute atomic E-state index is 6.24. The van der Waals surface area contributed by atoms with E-state index in [4.69, 9.17) is 5.73 Å². The average molecular weight is 274 g/mol. The van der Waals surface area contributed by atoms with E-state index in [0.29, 0.717) is 0 Å². The molecule has 0 saturated carbocycles. The molecule has 0 amide bonds. The van der Waals surface area contributed by atoms with E-state index in [2.05, 4.69) is 32.7 Å². The SMILES string of the molecule is Cn1c(-c2cc3ccccc3cc2N)nc2cnccc21. The Bertz CT molecular complexity index is 969. The highest BCUT2D eigenvalue weighted by molar-refractivity contribution is 5.93. The number of nitrogen functional groups attached to an aromatic ring is 1. The van der Waals surface area contributed by atoms with Gasteiger partial charge in [0.2, 0.25) is 0 Å². The van der Waals surface area contributed by atoms with Crippen LogP contribution < -0.4 is 5.73 Å². The fourth-order valence-corrected chi connectivity index (χ4v) is 2.74. The third-order valence-electron chi connectivity index (χ3n) is 3.84. The first kappa shape index (κ1) is 11.9. The van der Waals surface area contributed by atoms with Gasteiger partial charge in [-0.15, -0.1) is 0 Å². The number of hydrogen-bond donors (Lipinski definition) is 1. The number of anilines is 1. The van der Waals surface area contributed by atoms with Crippen LogP contribution in [0.1, 0.15) is 0 Å². The number of aryl methyl sites for hydroxylation is 1. The lowest BCUT2D eigenvalue weighted by Crippen LogP contribution is -1.97. The average Bonchev–Trinajstić information content (AvgIpc) is 2.84. The van der Waals surface area contributed by atoms with Crippen LogP contribution in [0.2, 0.25) is 0 Å². The number of hydrogen-bond acceptors (Lipinski definition) is 3. The predicted octanol–water partition coefficient (Wildman–Crippen LogP) is 3.37. The molecule has 2 heterocycles. The number of nitrogens with two attached hydrogens (primary N) is 1. The molecule has 0 bridgehead atoms. The number of aromatic nitrogens is 3. The highest BCUT2D eigenvalue weighted by Gasteiger charge is 2.13. The summed E-state index contributed by atoms with van der Waals surface area (Å²) in [5.41, 5.74) is 9.85. The molecule has 0 aliphatic carbocycles. The molecule has 0 saturated heterocycles. The Morgan fingerprint density at radius 1 is 1.05 bits per heavy atom. The van der Waals surface area contributed by atoms with Crippen LogP contribution in [0, 0.1) is 0 Å². The minimum atomic E-state index is 0.736. The molecule has 0 radical (unpaired) electrons. The Balaban J connectivity index is 2.03. The molecule has 2 N–H and O–H groups in total. The molecule has 0 spiro atoms. The lowest BCUT2D eigenvalue weighted by molar-refractivity contribution is 0.960. The smallest absolute Gasteiger partial charge is 0.143 e. The summed E-state index contributed by atoms with van der Waals surface area (Å²) in [4.78, 5) is 8.80. The van der Waals surface area contributed by atoms with Gasteiger partial charge in [0.15, 0.2) is 0 Å². The highest BCUT2D eigenvalue weighted by Crippen LogP contribution is 2.31. The van der Waals surface area contributed by atoms with Gasteiger partial charge in [-0.2, -0.15) is 0 Å². The predicted molar refractivity (Wildman–Crippen MR) is 85.9 cm³/mol. The van der Waals surface area contributed by atoms with E-state index in [0.717, 1.165) is 38.9 Å². The van der Waals surface area contributed by atoms with Crippen LogP contribution in [0.4, 0.5) is 5.69 Å². The van der Waals surface area contributed by atoms with E-state index in [-0.39, 0.29) is 0 Å². The topological polar surface area (TPSA) is 56.7 Å². The molecule has 102 valence electrons. The van der Waals surface area contributed by atoms with Crippen LogP contribution in [0.3, 0.4) is 0 Å². The van der Waals surface area contributed by atoms with Crippen LogP contribution >= 0.6 is 0 Å². The third kappa shape index (κ3) is 1.76. The van der Waals surface area contributed by atoms with Gasteiger partial charge in [-0.1, -0.05) is 24.3 Å². The van der Waals surface area contributed by atoms with Crippen LogP contribution in [0.5, 0.6) is 0 Å². The van der Waals surface area contributed by atoms with E-state index in [1.807, 2.05) is 31.3 Å². The maximum Gasteiger partial charge on any atom is 0.143 e. The van der Waals surface area contributed by atoms with Gasteiger partial charge < -0.3 is 10.3 Å². The second kappa shape index (κ2) is 4.31. The van der Waals surface area contributed by atoms with E-state index >= 15 is 0 Å². The van der Waals surface area contributed by atoms with E-state index in [9.17, 15) is 0 Å². The molecule has 0 aliphatic heterocycles. The van der Waals surface area contributed by atoms with Gasteiger partial charge in [0.25, 0.3) is 0 Å². The second-order valence-corrected chi connectivity index (χ2v) is 5.15. The fourth-order valence-electron chi connectivity index (χ4n) is 2.74. The molecule has 4 rings (SSSR count). The number of pyridine rings is 1. The van der Waals surface area contributed by atoms with Crippen molar-refractivity contribution in [3.8, 4) is 11.4 Å². The number of rotatable bonds is 1. The van der Waals surface area contributed by atoms with Crippen molar-refractivity contribution in [1.82, 2.24) is 14.5 Å². The molecule has 0 fully saturated rings. The summed E-state index contributed by atoms with van der Waals surface area (Å²) >= 11 is 0. The molecule has 0 atom stereocenters. The Morgan fingerprint density at radius 2 is 1.81 bits per heavy atom. The summed E-state index contributed by atoms with van der Waals surface area (Å²) in [7, 11) is 2.00. The Kier molecular flexibility index (Phi) is 2.44. The van der Waals surface area contributed by atoms with Gasteiger partial charge in [0.05, 0.1) is 11.7 Å². The lowest BCUT2D eigenvalue weighted by atomic mass is 10.0. The fraction of sp³-hybridized carbons (Fsp3) is 0.0588. The summed E-state index contributed by atoms with van der Waals surface area (Å²) in [6, 6.07) is 14.3. The minimum Gasteiger partial charge on any atom is -0.398 e. The molecule has 0 aliphatic rings. The van der Waals surface area contributed by atoms with Crippen LogP contribution in [-0.4, -0.2) is 14.5 Å². The number of fused-ring (bicyclic) bond motifs is 2. The summed E-state index contributed by atoms with van der Waals surface area (Å²) < 4.78 is 2.05. The standard InChI is InChI=1S/C17H14N4/c1-21-16-6-7-19-10-15(16)20-17(21)13-8-11-4-2-3-5-12(11)9-14(13)18/h2-10H,18H2,1H3. The number of imidazole rings is 1. The Labute approximate surface area is 121 Å². The molecule has 4 aromatic rings. The van der Waals surface area contributed by atoms with Crippen molar-refractivity contribution in [2.75, 3.05) is 5.73 Å². The summed E-state index contributed by atoms with van der Waals surface area (Å²) in [5, 5.41) is 2.30. The largest absolute Gasteiger partial charge is 0.398 e. The van der Waals surface area contributed by atoms with Gasteiger partial charge in [-0.05, 0) is 29.0 Å². The normalized spacial score (nSPS) is 11.3. The van der Waals surface area contributed by atoms with Crippen molar-refractivity contribution in [1.29, 1.82) is 0 Å². The first-order valence-corrected chi connectivity index (χ1v) is 6.79. The van der Waals surface area contributed by atoms with Crippen LogP contribution in [0.15, 0.2) is 54.9 Å². The Morgan fingerprint density at radius 3 is 2.57 bits per heavy atom. The van der Waals surface area contributed by atoms with Crippen LogP contribution in [-0.2, 0) is 7.05 Å². The molecule has 2 aromatic carbocycles. The number of nitrogens with zero attached hydrogens (tertiary/aromatic N) is 3.